The second kappa shape index (κ2) is 6.02. The first kappa shape index (κ1) is 13.1. The summed E-state index contributed by atoms with van der Waals surface area (Å²) in [5.41, 5.74) is 7.41. The van der Waals surface area contributed by atoms with Gasteiger partial charge >= 0.3 is 6.09 Å². The van der Waals surface area contributed by atoms with Crippen LogP contribution in [0, 0.1) is 0 Å². The molecule has 0 aliphatic rings. The van der Waals surface area contributed by atoms with Gasteiger partial charge in [0.05, 0.1) is 0 Å². The fourth-order valence-electron chi connectivity index (χ4n) is 1.64. The molecule has 98 valence electrons. The zero-order valence-electron chi connectivity index (χ0n) is 10.7. The van der Waals surface area contributed by atoms with Gasteiger partial charge in [-0.05, 0) is 36.8 Å². The van der Waals surface area contributed by atoms with Crippen molar-refractivity contribution in [2.75, 3.05) is 5.32 Å². The van der Waals surface area contributed by atoms with Gasteiger partial charge < -0.3 is 10.5 Å². The molecule has 0 fully saturated rings. The molecule has 1 amide bonds. The lowest BCUT2D eigenvalue weighted by Crippen LogP contribution is -2.17. The van der Waals surface area contributed by atoms with Crippen molar-refractivity contribution in [3.63, 3.8) is 0 Å². The first-order valence-corrected chi connectivity index (χ1v) is 6.04. The SMILES string of the molecule is CC(N)c1cccc(NC(=O)Oc2ccccc2)c1. The highest BCUT2D eigenvalue weighted by Gasteiger charge is 2.06. The first-order valence-electron chi connectivity index (χ1n) is 6.04. The summed E-state index contributed by atoms with van der Waals surface area (Å²) >= 11 is 0. The standard InChI is InChI=1S/C15H16N2O2/c1-11(16)12-6-5-7-13(10-12)17-15(18)19-14-8-3-2-4-9-14/h2-11H,16H2,1H3,(H,17,18). The molecule has 0 bridgehead atoms. The molecular weight excluding hydrogens is 240 g/mol. The van der Waals surface area contributed by atoms with E-state index >= 15 is 0 Å². The number of para-hydroxylation sites is 1. The van der Waals surface area contributed by atoms with Crippen LogP contribution in [0.3, 0.4) is 0 Å². The molecule has 4 heteroatoms. The van der Waals surface area contributed by atoms with Gasteiger partial charge in [-0.2, -0.15) is 0 Å². The average Bonchev–Trinajstić information content (AvgIpc) is 2.40. The maximum absolute atomic E-state index is 11.7. The summed E-state index contributed by atoms with van der Waals surface area (Å²) in [5.74, 6) is 0.503. The molecule has 0 aliphatic heterocycles. The van der Waals surface area contributed by atoms with Crippen LogP contribution in [0.1, 0.15) is 18.5 Å². The van der Waals surface area contributed by atoms with Crippen LogP contribution >= 0.6 is 0 Å². The largest absolute Gasteiger partial charge is 0.417 e. The van der Waals surface area contributed by atoms with E-state index in [1.807, 2.05) is 31.2 Å². The molecule has 0 saturated carbocycles. The topological polar surface area (TPSA) is 64.3 Å². The van der Waals surface area contributed by atoms with Crippen LogP contribution < -0.4 is 15.8 Å². The maximum atomic E-state index is 11.7. The van der Waals surface area contributed by atoms with E-state index in [9.17, 15) is 4.79 Å². The predicted octanol–water partition coefficient (Wildman–Crippen LogP) is 3.32. The van der Waals surface area contributed by atoms with Crippen molar-refractivity contribution in [2.45, 2.75) is 13.0 Å². The summed E-state index contributed by atoms with van der Waals surface area (Å²) in [4.78, 5) is 11.7. The molecular formula is C15H16N2O2. The first-order chi connectivity index (χ1) is 9.15. The van der Waals surface area contributed by atoms with Crippen LogP contribution in [0.25, 0.3) is 0 Å². The van der Waals surface area contributed by atoms with Crippen molar-refractivity contribution in [1.29, 1.82) is 0 Å². The minimum absolute atomic E-state index is 0.0770. The second-order valence-electron chi connectivity index (χ2n) is 4.24. The molecule has 0 spiro atoms. The van der Waals surface area contributed by atoms with Gasteiger partial charge in [-0.1, -0.05) is 30.3 Å². The normalized spacial score (nSPS) is 11.7. The number of benzene rings is 2. The molecule has 0 heterocycles. The lowest BCUT2D eigenvalue weighted by molar-refractivity contribution is 0.215. The molecule has 4 nitrogen and oxygen atoms in total. The van der Waals surface area contributed by atoms with Crippen LogP contribution in [0.2, 0.25) is 0 Å². The van der Waals surface area contributed by atoms with Gasteiger partial charge in [0, 0.05) is 11.7 Å². The number of carbonyl (C=O) groups excluding carboxylic acids is 1. The van der Waals surface area contributed by atoms with Gasteiger partial charge in [0.25, 0.3) is 0 Å². The van der Waals surface area contributed by atoms with Crippen molar-refractivity contribution in [2.24, 2.45) is 5.73 Å². The minimum atomic E-state index is -0.520. The number of hydrogen-bond acceptors (Lipinski definition) is 3. The third kappa shape index (κ3) is 3.82. The third-order valence-electron chi connectivity index (χ3n) is 2.61. The summed E-state index contributed by atoms with van der Waals surface area (Å²) in [5, 5.41) is 2.67. The van der Waals surface area contributed by atoms with Gasteiger partial charge in [0.2, 0.25) is 0 Å². The third-order valence-corrected chi connectivity index (χ3v) is 2.61. The van der Waals surface area contributed by atoms with Gasteiger partial charge in [0.1, 0.15) is 5.75 Å². The molecule has 0 saturated heterocycles. The molecule has 2 aromatic rings. The lowest BCUT2D eigenvalue weighted by Gasteiger charge is -2.09. The van der Waals surface area contributed by atoms with Gasteiger partial charge in [0.15, 0.2) is 0 Å². The van der Waals surface area contributed by atoms with E-state index in [4.69, 9.17) is 10.5 Å². The molecule has 2 aromatic carbocycles. The Morgan fingerprint density at radius 2 is 1.89 bits per heavy atom. The van der Waals surface area contributed by atoms with E-state index in [1.165, 1.54) is 0 Å². The highest BCUT2D eigenvalue weighted by Crippen LogP contribution is 2.16. The summed E-state index contributed by atoms with van der Waals surface area (Å²) in [6.45, 7) is 1.89. The van der Waals surface area contributed by atoms with E-state index in [1.54, 1.807) is 30.3 Å². The highest BCUT2D eigenvalue weighted by molar-refractivity contribution is 5.86. The summed E-state index contributed by atoms with van der Waals surface area (Å²) in [6.07, 6.45) is -0.520. The van der Waals surface area contributed by atoms with Gasteiger partial charge in [-0.3, -0.25) is 5.32 Å². The number of hydrogen-bond donors (Lipinski definition) is 2. The van der Waals surface area contributed by atoms with E-state index < -0.39 is 6.09 Å². The Hall–Kier alpha value is -2.33. The van der Waals surface area contributed by atoms with Gasteiger partial charge in [-0.25, -0.2) is 4.79 Å². The number of nitrogens with two attached hydrogens (primary N) is 1. The second-order valence-corrected chi connectivity index (χ2v) is 4.24. The predicted molar refractivity (Wildman–Crippen MR) is 75.1 cm³/mol. The van der Waals surface area contributed by atoms with Crippen LogP contribution in [-0.4, -0.2) is 6.09 Å². The van der Waals surface area contributed by atoms with Crippen LogP contribution in [0.4, 0.5) is 10.5 Å². The van der Waals surface area contributed by atoms with E-state index in [2.05, 4.69) is 5.32 Å². The zero-order chi connectivity index (χ0) is 13.7. The number of rotatable bonds is 3. The number of ether oxygens (including phenoxy) is 1. The summed E-state index contributed by atoms with van der Waals surface area (Å²) in [6, 6.07) is 16.2. The molecule has 1 atom stereocenters. The van der Waals surface area contributed by atoms with E-state index in [-0.39, 0.29) is 6.04 Å². The molecule has 3 N–H and O–H groups in total. The fraction of sp³-hybridized carbons (Fsp3) is 0.133. The Bertz CT molecular complexity index is 553. The maximum Gasteiger partial charge on any atom is 0.417 e. The monoisotopic (exact) mass is 256 g/mol. The molecule has 0 aromatic heterocycles. The summed E-state index contributed by atoms with van der Waals surface area (Å²) < 4.78 is 5.14. The zero-order valence-corrected chi connectivity index (χ0v) is 10.7. The summed E-state index contributed by atoms with van der Waals surface area (Å²) in [7, 11) is 0. The van der Waals surface area contributed by atoms with Crippen molar-refractivity contribution in [1.82, 2.24) is 0 Å². The Morgan fingerprint density at radius 1 is 1.16 bits per heavy atom. The molecule has 0 radical (unpaired) electrons. The number of amides is 1. The van der Waals surface area contributed by atoms with Crippen LogP contribution in [0.15, 0.2) is 54.6 Å². The molecule has 0 aliphatic carbocycles. The number of carbonyl (C=O) groups is 1. The molecule has 19 heavy (non-hydrogen) atoms. The lowest BCUT2D eigenvalue weighted by atomic mass is 10.1. The van der Waals surface area contributed by atoms with Crippen LogP contribution in [-0.2, 0) is 0 Å². The number of anilines is 1. The Balaban J connectivity index is 2.01. The Kier molecular flexibility index (Phi) is 4.15. The minimum Gasteiger partial charge on any atom is -0.410 e. The fourth-order valence-corrected chi connectivity index (χ4v) is 1.64. The Morgan fingerprint density at radius 3 is 2.58 bits per heavy atom. The van der Waals surface area contributed by atoms with Crippen molar-refractivity contribution >= 4 is 11.8 Å². The Labute approximate surface area is 112 Å². The van der Waals surface area contributed by atoms with E-state index in [0.717, 1.165) is 5.56 Å². The smallest absolute Gasteiger partial charge is 0.410 e. The van der Waals surface area contributed by atoms with Gasteiger partial charge in [-0.15, -0.1) is 0 Å². The average molecular weight is 256 g/mol. The van der Waals surface area contributed by atoms with Crippen molar-refractivity contribution < 1.29 is 9.53 Å². The quantitative estimate of drug-likeness (QED) is 0.885. The highest BCUT2D eigenvalue weighted by atomic mass is 16.6. The van der Waals surface area contributed by atoms with Crippen LogP contribution in [0.5, 0.6) is 5.75 Å². The molecule has 2 rings (SSSR count). The van der Waals surface area contributed by atoms with Crippen molar-refractivity contribution in [3.8, 4) is 5.75 Å². The number of nitrogens with one attached hydrogen (secondary N) is 1. The van der Waals surface area contributed by atoms with Crippen molar-refractivity contribution in [3.05, 3.63) is 60.2 Å². The van der Waals surface area contributed by atoms with E-state index in [0.29, 0.717) is 11.4 Å². The molecule has 1 unspecified atom stereocenters.